The van der Waals surface area contributed by atoms with Crippen molar-refractivity contribution in [3.05, 3.63) is 11.4 Å². The lowest BCUT2D eigenvalue weighted by molar-refractivity contribution is 0.351. The fourth-order valence-corrected chi connectivity index (χ4v) is 4.49. The van der Waals surface area contributed by atoms with Crippen molar-refractivity contribution in [2.24, 2.45) is 7.05 Å². The Bertz CT molecular complexity index is 588. The number of aryl methyl sites for hydroxylation is 2. The number of piperidine rings is 1. The maximum Gasteiger partial charge on any atom is 0.246 e. The summed E-state index contributed by atoms with van der Waals surface area (Å²) in [6.07, 6.45) is 4.45. The quantitative estimate of drug-likeness (QED) is 0.886. The van der Waals surface area contributed by atoms with Gasteiger partial charge in [0.15, 0.2) is 0 Å². The number of nitrogens with one attached hydrogen (secondary N) is 1. The van der Waals surface area contributed by atoms with E-state index >= 15 is 0 Å². The van der Waals surface area contributed by atoms with Gasteiger partial charge >= 0.3 is 0 Å². The molecule has 0 radical (unpaired) electrons. The Morgan fingerprint density at radius 1 is 1.38 bits per heavy atom. The first kappa shape index (κ1) is 16.5. The van der Waals surface area contributed by atoms with Crippen LogP contribution in [-0.4, -0.2) is 48.7 Å². The van der Waals surface area contributed by atoms with Crippen LogP contribution in [0.5, 0.6) is 0 Å². The first-order valence-electron chi connectivity index (χ1n) is 7.54. The molecule has 1 unspecified atom stereocenters. The van der Waals surface area contributed by atoms with E-state index in [1.165, 1.54) is 17.1 Å². The second-order valence-corrected chi connectivity index (χ2v) is 7.87. The Morgan fingerprint density at radius 3 is 2.62 bits per heavy atom. The summed E-state index contributed by atoms with van der Waals surface area (Å²) in [6.45, 7) is 5.12. The van der Waals surface area contributed by atoms with E-state index in [9.17, 15) is 8.42 Å². The summed E-state index contributed by atoms with van der Waals surface area (Å²) >= 11 is 0. The number of nitrogens with zero attached hydrogens (tertiary/aromatic N) is 3. The highest BCUT2D eigenvalue weighted by atomic mass is 32.2. The summed E-state index contributed by atoms with van der Waals surface area (Å²) in [5.41, 5.74) is 1.26. The maximum absolute atomic E-state index is 12.7. The highest BCUT2D eigenvalue weighted by Crippen LogP contribution is 2.22. The molecule has 21 heavy (non-hydrogen) atoms. The normalized spacial score (nSPS) is 20.1. The van der Waals surface area contributed by atoms with E-state index in [0.717, 1.165) is 19.4 Å². The molecule has 1 aliphatic rings. The van der Waals surface area contributed by atoms with Crippen LogP contribution in [-0.2, 0) is 17.1 Å². The lowest BCUT2D eigenvalue weighted by atomic mass is 10.0. The third kappa shape index (κ3) is 3.46. The molecule has 1 N–H and O–H groups in total. The van der Waals surface area contributed by atoms with Gasteiger partial charge in [-0.3, -0.25) is 4.68 Å². The van der Waals surface area contributed by atoms with Crippen molar-refractivity contribution in [2.45, 2.75) is 50.5 Å². The Kier molecular flexibility index (Phi) is 5.06. The van der Waals surface area contributed by atoms with Crippen LogP contribution in [0.3, 0.4) is 0 Å². The average molecular weight is 314 g/mol. The second kappa shape index (κ2) is 6.46. The molecule has 1 atom stereocenters. The number of sulfonamides is 1. The molecule has 120 valence electrons. The van der Waals surface area contributed by atoms with Crippen molar-refractivity contribution in [1.29, 1.82) is 0 Å². The molecule has 6 nitrogen and oxygen atoms in total. The van der Waals surface area contributed by atoms with Crippen LogP contribution in [0, 0.1) is 13.8 Å². The summed E-state index contributed by atoms with van der Waals surface area (Å²) in [4.78, 5) is 0.351. The molecule has 2 heterocycles. The Labute approximate surface area is 127 Å². The molecule has 1 aromatic heterocycles. The summed E-state index contributed by atoms with van der Waals surface area (Å²) in [5, 5.41) is 7.66. The number of rotatable bonds is 5. The molecule has 1 saturated heterocycles. The summed E-state index contributed by atoms with van der Waals surface area (Å²) in [5.74, 6) is 0. The number of aromatic nitrogens is 2. The van der Waals surface area contributed by atoms with Crippen LogP contribution < -0.4 is 5.32 Å². The van der Waals surface area contributed by atoms with Crippen LogP contribution >= 0.6 is 0 Å². The third-order valence-corrected chi connectivity index (χ3v) is 6.43. The summed E-state index contributed by atoms with van der Waals surface area (Å²) in [7, 11) is -0.0302. The SMILES string of the molecule is Cc1nn(C)c(C)c1S(=O)(=O)N(C)CCC1CCCCN1. The highest BCUT2D eigenvalue weighted by Gasteiger charge is 2.28. The zero-order chi connectivity index (χ0) is 15.6. The van der Waals surface area contributed by atoms with Gasteiger partial charge in [-0.2, -0.15) is 5.10 Å². The first-order valence-corrected chi connectivity index (χ1v) is 8.98. The van der Waals surface area contributed by atoms with Gasteiger partial charge in [0, 0.05) is 26.7 Å². The van der Waals surface area contributed by atoms with Crippen molar-refractivity contribution < 1.29 is 8.42 Å². The third-order valence-electron chi connectivity index (χ3n) is 4.32. The fraction of sp³-hybridized carbons (Fsp3) is 0.786. The van der Waals surface area contributed by atoms with Crippen molar-refractivity contribution in [3.8, 4) is 0 Å². The number of hydrogen-bond donors (Lipinski definition) is 1. The van der Waals surface area contributed by atoms with Crippen molar-refractivity contribution in [1.82, 2.24) is 19.4 Å². The largest absolute Gasteiger partial charge is 0.314 e. The molecule has 0 amide bonds. The van der Waals surface area contributed by atoms with Gasteiger partial charge in [0.1, 0.15) is 4.90 Å². The van der Waals surface area contributed by atoms with Crippen LogP contribution in [0.4, 0.5) is 0 Å². The zero-order valence-electron chi connectivity index (χ0n) is 13.4. The molecule has 0 aliphatic carbocycles. The monoisotopic (exact) mass is 314 g/mol. The van der Waals surface area contributed by atoms with Gasteiger partial charge in [-0.05, 0) is 39.7 Å². The molecule has 1 aromatic rings. The minimum absolute atomic E-state index is 0.351. The molecule has 7 heteroatoms. The fourth-order valence-electron chi connectivity index (χ4n) is 2.91. The van der Waals surface area contributed by atoms with Gasteiger partial charge in [0.2, 0.25) is 10.0 Å². The van der Waals surface area contributed by atoms with E-state index in [0.29, 0.717) is 28.9 Å². The Balaban J connectivity index is 2.07. The number of hydrogen-bond acceptors (Lipinski definition) is 4. The van der Waals surface area contributed by atoms with E-state index in [1.54, 1.807) is 32.6 Å². The van der Waals surface area contributed by atoms with Gasteiger partial charge in [-0.1, -0.05) is 6.42 Å². The predicted molar refractivity (Wildman–Crippen MR) is 82.8 cm³/mol. The van der Waals surface area contributed by atoms with E-state index in [4.69, 9.17) is 0 Å². The standard InChI is InChI=1S/C14H26N4O2S/c1-11-14(12(2)18(4)16-11)21(19,20)17(3)10-8-13-7-5-6-9-15-13/h13,15H,5-10H2,1-4H3. The van der Waals surface area contributed by atoms with E-state index < -0.39 is 10.0 Å². The smallest absolute Gasteiger partial charge is 0.246 e. The van der Waals surface area contributed by atoms with Crippen LogP contribution in [0.1, 0.15) is 37.1 Å². The molecule has 2 rings (SSSR count). The summed E-state index contributed by atoms with van der Waals surface area (Å²) < 4.78 is 28.5. The van der Waals surface area contributed by atoms with Gasteiger partial charge in [-0.15, -0.1) is 0 Å². The maximum atomic E-state index is 12.7. The minimum atomic E-state index is -3.46. The molecule has 1 fully saturated rings. The van der Waals surface area contributed by atoms with Crippen LogP contribution in [0.2, 0.25) is 0 Å². The van der Waals surface area contributed by atoms with E-state index in [-0.39, 0.29) is 0 Å². The van der Waals surface area contributed by atoms with Crippen LogP contribution in [0.25, 0.3) is 0 Å². The predicted octanol–water partition coefficient (Wildman–Crippen LogP) is 1.19. The lowest BCUT2D eigenvalue weighted by Crippen LogP contribution is -2.38. The molecule has 0 spiro atoms. The first-order chi connectivity index (χ1) is 9.84. The van der Waals surface area contributed by atoms with Gasteiger partial charge < -0.3 is 5.32 Å². The molecule has 0 bridgehead atoms. The Hall–Kier alpha value is -0.920. The van der Waals surface area contributed by atoms with E-state index in [2.05, 4.69) is 10.4 Å². The van der Waals surface area contributed by atoms with Gasteiger partial charge in [0.25, 0.3) is 0 Å². The Morgan fingerprint density at radius 2 is 2.10 bits per heavy atom. The van der Waals surface area contributed by atoms with Crippen molar-refractivity contribution >= 4 is 10.0 Å². The summed E-state index contributed by atoms with van der Waals surface area (Å²) in [6, 6.07) is 0.437. The van der Waals surface area contributed by atoms with E-state index in [1.807, 2.05) is 0 Å². The highest BCUT2D eigenvalue weighted by molar-refractivity contribution is 7.89. The zero-order valence-corrected chi connectivity index (χ0v) is 14.2. The van der Waals surface area contributed by atoms with Crippen molar-refractivity contribution in [3.63, 3.8) is 0 Å². The lowest BCUT2D eigenvalue weighted by Gasteiger charge is -2.25. The molecule has 1 aliphatic heterocycles. The average Bonchev–Trinajstić information content (AvgIpc) is 2.71. The minimum Gasteiger partial charge on any atom is -0.314 e. The molecular formula is C14H26N4O2S. The van der Waals surface area contributed by atoms with Crippen LogP contribution in [0.15, 0.2) is 4.90 Å². The molecular weight excluding hydrogens is 288 g/mol. The van der Waals surface area contributed by atoms with Gasteiger partial charge in [0.05, 0.1) is 11.4 Å². The van der Waals surface area contributed by atoms with Gasteiger partial charge in [-0.25, -0.2) is 12.7 Å². The van der Waals surface area contributed by atoms with Crippen molar-refractivity contribution in [2.75, 3.05) is 20.1 Å². The molecule has 0 saturated carbocycles. The topological polar surface area (TPSA) is 67.2 Å². The second-order valence-electron chi connectivity index (χ2n) is 5.89. The molecule has 0 aromatic carbocycles.